The third-order valence-corrected chi connectivity index (χ3v) is 0.858. The van der Waals surface area contributed by atoms with E-state index in [2.05, 4.69) is 0 Å². The van der Waals surface area contributed by atoms with E-state index < -0.39 is 13.5 Å². The minimum atomic E-state index is -2.11. The maximum atomic E-state index is 10.0. The third-order valence-electron chi connectivity index (χ3n) is 0.286. The van der Waals surface area contributed by atoms with Gasteiger partial charge in [-0.15, -0.1) is 5.50 Å². The van der Waals surface area contributed by atoms with Gasteiger partial charge in [0, 0.05) is 6.92 Å². The van der Waals surface area contributed by atoms with Crippen LogP contribution in [0.1, 0.15) is 6.92 Å². The molecule has 0 aliphatic rings. The Balaban J connectivity index is 3.58. The SMILES string of the molecule is [2H]N[P+](=O)C(C)=O. The van der Waals surface area contributed by atoms with Crippen molar-refractivity contribution >= 4 is 13.5 Å². The van der Waals surface area contributed by atoms with Gasteiger partial charge in [-0.1, -0.05) is 0 Å². The van der Waals surface area contributed by atoms with Crippen LogP contribution >= 0.6 is 7.95 Å². The van der Waals surface area contributed by atoms with Gasteiger partial charge in [-0.25, -0.2) is 4.79 Å². The Morgan fingerprint density at radius 3 is 2.67 bits per heavy atom. The number of carbonyl (C=O) groups is 1. The summed E-state index contributed by atoms with van der Waals surface area (Å²) < 4.78 is 16.2. The molecule has 0 saturated carbocycles. The molecule has 2 N–H and O–H groups in total. The molecule has 0 fully saturated rings. The largest absolute Gasteiger partial charge is 0.507 e. The molecule has 0 bridgehead atoms. The quantitative estimate of drug-likeness (QED) is 0.514. The first-order chi connectivity index (χ1) is 3.18. The Morgan fingerprint density at radius 1 is 2.17 bits per heavy atom. The topological polar surface area (TPSA) is 60.2 Å². The first kappa shape index (κ1) is 3.90. The number of carbonyl (C=O) groups excluding carboxylic acids is 1. The molecule has 0 aromatic heterocycles. The summed E-state index contributed by atoms with van der Waals surface area (Å²) in [5.41, 5.74) is 1.08. The molecular weight excluding hydrogens is 101 g/mol. The third kappa shape index (κ3) is 2.00. The van der Waals surface area contributed by atoms with E-state index in [4.69, 9.17) is 1.41 Å². The second kappa shape index (κ2) is 2.00. The Hall–Kier alpha value is -0.270. The molecule has 1 unspecified atom stereocenters. The minimum Gasteiger partial charge on any atom is -0.238 e. The van der Waals surface area contributed by atoms with E-state index in [0.29, 0.717) is 0 Å². The lowest BCUT2D eigenvalue weighted by atomic mass is 10.9. The standard InChI is InChI=1S/C2H5NO2P/c1-2(4)6(3)5/h1H3,(H2,3,5)/q+1/i/hD. The van der Waals surface area contributed by atoms with Crippen molar-refractivity contribution in [2.45, 2.75) is 6.92 Å². The lowest BCUT2D eigenvalue weighted by molar-refractivity contribution is -0.109. The van der Waals surface area contributed by atoms with Crippen molar-refractivity contribution in [3.63, 3.8) is 0 Å². The van der Waals surface area contributed by atoms with Crippen LogP contribution in [0.3, 0.4) is 0 Å². The molecule has 0 amide bonds. The smallest absolute Gasteiger partial charge is 0.238 e. The van der Waals surface area contributed by atoms with Crippen molar-refractivity contribution in [3.8, 4) is 0 Å². The Labute approximate surface area is 37.8 Å². The zero-order valence-electron chi connectivity index (χ0n) is 4.26. The molecular formula is C2H5NO2P+. The highest BCUT2D eigenvalue weighted by Gasteiger charge is 2.13. The predicted octanol–water partition coefficient (Wildman–Crippen LogP) is 0.234. The van der Waals surface area contributed by atoms with Crippen LogP contribution in [0.4, 0.5) is 0 Å². The minimum absolute atomic E-state index is 0.495. The molecule has 34 valence electrons. The summed E-state index contributed by atoms with van der Waals surface area (Å²) in [6.07, 6.45) is 0. The molecule has 0 radical (unpaired) electrons. The molecule has 0 aliphatic heterocycles. The van der Waals surface area contributed by atoms with Gasteiger partial charge in [0.25, 0.3) is 0 Å². The number of hydrogen-bond acceptors (Lipinski definition) is 2. The van der Waals surface area contributed by atoms with E-state index in [9.17, 15) is 9.36 Å². The van der Waals surface area contributed by atoms with Crippen molar-refractivity contribution < 1.29 is 10.8 Å². The average molecular weight is 107 g/mol. The van der Waals surface area contributed by atoms with Crippen LogP contribution in [0, 0.1) is 0 Å². The molecule has 1 atom stereocenters. The molecule has 4 heteroatoms. The molecule has 0 aromatic rings. The normalized spacial score (nSPS) is 12.8. The second-order valence-corrected chi connectivity index (χ2v) is 2.03. The zero-order valence-corrected chi connectivity index (χ0v) is 4.16. The molecule has 6 heavy (non-hydrogen) atoms. The van der Waals surface area contributed by atoms with Crippen LogP contribution in [-0.2, 0) is 9.36 Å². The van der Waals surface area contributed by atoms with Crippen LogP contribution in [0.15, 0.2) is 0 Å². The van der Waals surface area contributed by atoms with E-state index >= 15 is 0 Å². The van der Waals surface area contributed by atoms with Gasteiger partial charge in [0.05, 0.1) is 0 Å². The summed E-state index contributed by atoms with van der Waals surface area (Å²) in [5, 5.41) is 0. The van der Waals surface area contributed by atoms with Crippen molar-refractivity contribution in [3.05, 3.63) is 0 Å². The maximum absolute atomic E-state index is 10.0. The average Bonchev–Trinajstić information content (AvgIpc) is 1.65. The Bertz CT molecular complexity index is 104. The monoisotopic (exact) mass is 107 g/mol. The Morgan fingerprint density at radius 2 is 2.67 bits per heavy atom. The van der Waals surface area contributed by atoms with Crippen LogP contribution in [0.25, 0.3) is 0 Å². The van der Waals surface area contributed by atoms with Gasteiger partial charge in [0.15, 0.2) is 1.41 Å². The fourth-order valence-corrected chi connectivity index (χ4v) is 0. The summed E-state index contributed by atoms with van der Waals surface area (Å²) >= 11 is 0. The van der Waals surface area contributed by atoms with E-state index in [0.717, 1.165) is 0 Å². The van der Waals surface area contributed by atoms with E-state index in [1.54, 1.807) is 5.50 Å². The second-order valence-electron chi connectivity index (χ2n) is 0.813. The molecule has 0 heterocycles. The summed E-state index contributed by atoms with van der Waals surface area (Å²) in [7, 11) is -2.11. The van der Waals surface area contributed by atoms with Gasteiger partial charge >= 0.3 is 13.5 Å². The Kier molecular flexibility index (Phi) is 1.30. The highest BCUT2D eigenvalue weighted by molar-refractivity contribution is 7.61. The molecule has 0 aliphatic carbocycles. The van der Waals surface area contributed by atoms with Crippen LogP contribution < -0.4 is 5.50 Å². The molecule has 3 nitrogen and oxygen atoms in total. The molecule has 0 saturated heterocycles. The first-order valence-electron chi connectivity index (χ1n) is 1.83. The van der Waals surface area contributed by atoms with Gasteiger partial charge in [-0.05, 0) is 4.57 Å². The van der Waals surface area contributed by atoms with Crippen molar-refractivity contribution in [1.82, 2.24) is 0 Å². The van der Waals surface area contributed by atoms with E-state index in [1.165, 1.54) is 6.92 Å². The zero-order chi connectivity index (χ0) is 5.86. The molecule has 0 rings (SSSR count). The van der Waals surface area contributed by atoms with Gasteiger partial charge in [-0.3, -0.25) is 0 Å². The van der Waals surface area contributed by atoms with Crippen molar-refractivity contribution in [1.29, 1.82) is 0 Å². The van der Waals surface area contributed by atoms with Gasteiger partial charge in [0.2, 0.25) is 0 Å². The number of hydrogen-bond donors (Lipinski definition) is 1. The van der Waals surface area contributed by atoms with E-state index in [1.807, 2.05) is 0 Å². The highest BCUT2D eigenvalue weighted by atomic mass is 31.1. The number of nitrogens with two attached hydrogens (primary N) is 1. The summed E-state index contributed by atoms with van der Waals surface area (Å²) in [5.74, 6) is 0. The van der Waals surface area contributed by atoms with Gasteiger partial charge < -0.3 is 0 Å². The van der Waals surface area contributed by atoms with Crippen LogP contribution in [0.2, 0.25) is 1.41 Å². The fourth-order valence-electron chi connectivity index (χ4n) is 0. The molecule has 0 aromatic carbocycles. The summed E-state index contributed by atoms with van der Waals surface area (Å²) in [6.45, 7) is 1.17. The summed E-state index contributed by atoms with van der Waals surface area (Å²) in [6, 6.07) is 0. The van der Waals surface area contributed by atoms with Crippen molar-refractivity contribution in [2.75, 3.05) is 0 Å². The lowest BCUT2D eigenvalue weighted by Gasteiger charge is -1.56. The maximum Gasteiger partial charge on any atom is 0.507 e. The van der Waals surface area contributed by atoms with Gasteiger partial charge in [0.1, 0.15) is 0 Å². The van der Waals surface area contributed by atoms with Gasteiger partial charge in [-0.2, -0.15) is 0 Å². The van der Waals surface area contributed by atoms with Crippen molar-refractivity contribution in [2.24, 2.45) is 5.50 Å². The fraction of sp³-hybridized carbons (Fsp3) is 0.500. The van der Waals surface area contributed by atoms with Crippen LogP contribution in [-0.4, -0.2) is 5.52 Å². The molecule has 0 spiro atoms. The number of rotatable bonds is 2. The summed E-state index contributed by atoms with van der Waals surface area (Å²) in [4.78, 5) is 9.91. The predicted molar refractivity (Wildman–Crippen MR) is 22.5 cm³/mol. The van der Waals surface area contributed by atoms with E-state index in [-0.39, 0.29) is 0 Å². The highest BCUT2D eigenvalue weighted by Crippen LogP contribution is 2.05. The van der Waals surface area contributed by atoms with Crippen LogP contribution in [0.5, 0.6) is 0 Å². The first-order valence-corrected chi connectivity index (χ1v) is 2.59. The lowest BCUT2D eigenvalue weighted by Crippen LogP contribution is -1.86.